The second kappa shape index (κ2) is 13.4. The van der Waals surface area contributed by atoms with E-state index < -0.39 is 0 Å². The molecule has 3 N–H and O–H groups in total. The molecular weight excluding hydrogens is 588 g/mol. The van der Waals surface area contributed by atoms with Gasteiger partial charge >= 0.3 is 0 Å². The van der Waals surface area contributed by atoms with Crippen LogP contribution in [-0.4, -0.2) is 15.3 Å². The monoisotopic (exact) mass is 632 g/mol. The summed E-state index contributed by atoms with van der Waals surface area (Å²) in [7, 11) is 0. The van der Waals surface area contributed by atoms with Crippen LogP contribution in [0, 0.1) is 41.5 Å². The van der Waals surface area contributed by atoms with Crippen molar-refractivity contribution >= 4 is 0 Å². The Morgan fingerprint density at radius 1 is 0.396 bits per heavy atom. The third-order valence-corrected chi connectivity index (χ3v) is 9.86. The largest absolute Gasteiger partial charge is 0.508 e. The second-order valence-corrected chi connectivity index (χ2v) is 13.4. The summed E-state index contributed by atoms with van der Waals surface area (Å²) in [4.78, 5) is 0. The van der Waals surface area contributed by atoms with Gasteiger partial charge in [0.1, 0.15) is 17.2 Å². The summed E-state index contributed by atoms with van der Waals surface area (Å²) in [5, 5.41) is 30.5. The zero-order chi connectivity index (χ0) is 34.1. The molecule has 0 heterocycles. The molecule has 3 nitrogen and oxygen atoms in total. The molecule has 0 unspecified atom stereocenters. The van der Waals surface area contributed by atoms with Gasteiger partial charge < -0.3 is 15.3 Å². The van der Waals surface area contributed by atoms with E-state index in [1.54, 1.807) is 0 Å². The van der Waals surface area contributed by atoms with Gasteiger partial charge in [-0.1, -0.05) is 72.8 Å². The highest BCUT2D eigenvalue weighted by Gasteiger charge is 2.17. The Labute approximate surface area is 284 Å². The standard InChI is InChI=1S/C45H44O3/c1-27-24-43(46)30(4)21-40(27)36-10-7-33(8-11-36)9-20-39(34-12-16-37(17-13-34)41-22-31(5)44(47)25-28(41)2)35-14-18-38(19-15-35)42-23-32(6)45(48)26-29(42)3/h7-8,10-19,21-26,39,46-48H,9,20H2,1-6H3. The maximum Gasteiger partial charge on any atom is 0.118 e. The first-order valence-corrected chi connectivity index (χ1v) is 16.7. The molecule has 0 aliphatic rings. The lowest BCUT2D eigenvalue weighted by Crippen LogP contribution is -2.04. The first-order chi connectivity index (χ1) is 23.0. The first-order valence-electron chi connectivity index (χ1n) is 16.7. The number of phenols is 3. The Morgan fingerprint density at radius 2 is 0.708 bits per heavy atom. The van der Waals surface area contributed by atoms with Crippen molar-refractivity contribution in [2.45, 2.75) is 60.3 Å². The lowest BCUT2D eigenvalue weighted by molar-refractivity contribution is 0.470. The van der Waals surface area contributed by atoms with Crippen LogP contribution < -0.4 is 0 Å². The minimum absolute atomic E-state index is 0.195. The molecule has 0 aliphatic carbocycles. The Balaban J connectivity index is 1.30. The zero-order valence-electron chi connectivity index (χ0n) is 28.7. The normalized spacial score (nSPS) is 11.3. The van der Waals surface area contributed by atoms with Crippen molar-refractivity contribution in [1.29, 1.82) is 0 Å². The lowest BCUT2D eigenvalue weighted by Gasteiger charge is -2.20. The van der Waals surface area contributed by atoms with Gasteiger partial charge in [-0.3, -0.25) is 0 Å². The van der Waals surface area contributed by atoms with Crippen LogP contribution in [0.5, 0.6) is 17.2 Å². The topological polar surface area (TPSA) is 60.7 Å². The van der Waals surface area contributed by atoms with Crippen LogP contribution in [0.3, 0.4) is 0 Å². The average Bonchev–Trinajstić information content (AvgIpc) is 3.07. The third-order valence-electron chi connectivity index (χ3n) is 9.86. The average molecular weight is 633 g/mol. The molecule has 0 spiro atoms. The molecule has 6 aromatic carbocycles. The van der Waals surface area contributed by atoms with Crippen molar-refractivity contribution < 1.29 is 15.3 Å². The molecule has 0 saturated heterocycles. The van der Waals surface area contributed by atoms with Crippen LogP contribution in [0.4, 0.5) is 0 Å². The van der Waals surface area contributed by atoms with E-state index in [-0.39, 0.29) is 5.92 Å². The summed E-state index contributed by atoms with van der Waals surface area (Å²) < 4.78 is 0. The molecule has 6 aromatic rings. The molecule has 0 atom stereocenters. The molecule has 6 rings (SSSR count). The fourth-order valence-electron chi connectivity index (χ4n) is 6.81. The molecule has 0 fully saturated rings. The lowest BCUT2D eigenvalue weighted by atomic mass is 9.84. The van der Waals surface area contributed by atoms with E-state index in [0.717, 1.165) is 79.6 Å². The van der Waals surface area contributed by atoms with Crippen LogP contribution >= 0.6 is 0 Å². The summed E-state index contributed by atoms with van der Waals surface area (Å²) in [6, 6.07) is 38.4. The molecule has 0 aromatic heterocycles. The second-order valence-electron chi connectivity index (χ2n) is 13.4. The summed E-state index contributed by atoms with van der Waals surface area (Å²) in [5.41, 5.74) is 16.5. The van der Waals surface area contributed by atoms with Crippen molar-refractivity contribution in [1.82, 2.24) is 0 Å². The van der Waals surface area contributed by atoms with Crippen molar-refractivity contribution in [3.8, 4) is 50.6 Å². The van der Waals surface area contributed by atoms with Crippen LogP contribution in [0.15, 0.2) is 109 Å². The van der Waals surface area contributed by atoms with Gasteiger partial charge in [-0.05, 0) is 174 Å². The van der Waals surface area contributed by atoms with Gasteiger partial charge in [-0.25, -0.2) is 0 Å². The van der Waals surface area contributed by atoms with Crippen LogP contribution in [0.1, 0.15) is 62.4 Å². The van der Waals surface area contributed by atoms with E-state index in [4.69, 9.17) is 0 Å². The van der Waals surface area contributed by atoms with E-state index in [0.29, 0.717) is 17.2 Å². The SMILES string of the molecule is Cc1cc(-c2ccc(CCC(c3ccc(-c4cc(C)c(O)cc4C)cc3)c3ccc(-c4cc(C)c(O)cc4C)cc3)cc2)c(C)cc1O. The molecule has 0 bridgehead atoms. The van der Waals surface area contributed by atoms with E-state index in [9.17, 15) is 15.3 Å². The van der Waals surface area contributed by atoms with Crippen LogP contribution in [-0.2, 0) is 6.42 Å². The van der Waals surface area contributed by atoms with Crippen molar-refractivity contribution in [3.63, 3.8) is 0 Å². The molecule has 0 aliphatic heterocycles. The van der Waals surface area contributed by atoms with Crippen LogP contribution in [0.2, 0.25) is 0 Å². The van der Waals surface area contributed by atoms with Gasteiger partial charge in [-0.15, -0.1) is 0 Å². The minimum atomic E-state index is 0.195. The molecule has 0 saturated carbocycles. The number of hydrogen-bond donors (Lipinski definition) is 3. The Kier molecular flexibility index (Phi) is 9.15. The summed E-state index contributed by atoms with van der Waals surface area (Å²) in [6.45, 7) is 11.9. The van der Waals surface area contributed by atoms with Gasteiger partial charge in [-0.2, -0.15) is 0 Å². The highest BCUT2D eigenvalue weighted by molar-refractivity contribution is 5.72. The first kappa shape index (κ1) is 32.7. The number of rotatable bonds is 8. The molecule has 0 radical (unpaired) electrons. The number of phenolic OH excluding ortho intramolecular Hbond substituents is 3. The zero-order valence-corrected chi connectivity index (χ0v) is 28.7. The van der Waals surface area contributed by atoms with E-state index >= 15 is 0 Å². The Morgan fingerprint density at radius 3 is 1.04 bits per heavy atom. The molecule has 3 heteroatoms. The highest BCUT2D eigenvalue weighted by atomic mass is 16.3. The Hall–Kier alpha value is -5.28. The molecule has 48 heavy (non-hydrogen) atoms. The maximum atomic E-state index is 10.2. The van der Waals surface area contributed by atoms with E-state index in [1.165, 1.54) is 16.7 Å². The smallest absolute Gasteiger partial charge is 0.118 e. The van der Waals surface area contributed by atoms with E-state index in [1.807, 2.05) is 59.7 Å². The quantitative estimate of drug-likeness (QED) is 0.156. The van der Waals surface area contributed by atoms with Crippen molar-refractivity contribution in [3.05, 3.63) is 159 Å². The number of hydrogen-bond acceptors (Lipinski definition) is 3. The minimum Gasteiger partial charge on any atom is -0.508 e. The number of aromatic hydroxyl groups is 3. The highest BCUT2D eigenvalue weighted by Crippen LogP contribution is 2.36. The number of aryl methyl sites for hydroxylation is 7. The predicted molar refractivity (Wildman–Crippen MR) is 199 cm³/mol. The van der Waals surface area contributed by atoms with Gasteiger partial charge in [0.05, 0.1) is 0 Å². The molecular formula is C45H44O3. The van der Waals surface area contributed by atoms with Crippen molar-refractivity contribution in [2.24, 2.45) is 0 Å². The Bertz CT molecular complexity index is 1990. The summed E-state index contributed by atoms with van der Waals surface area (Å²) in [5.74, 6) is 1.19. The van der Waals surface area contributed by atoms with Crippen LogP contribution in [0.25, 0.3) is 33.4 Å². The van der Waals surface area contributed by atoms with Gasteiger partial charge in [0.15, 0.2) is 0 Å². The summed E-state index contributed by atoms with van der Waals surface area (Å²) in [6.07, 6.45) is 1.87. The fourth-order valence-corrected chi connectivity index (χ4v) is 6.81. The van der Waals surface area contributed by atoms with Gasteiger partial charge in [0, 0.05) is 5.92 Å². The van der Waals surface area contributed by atoms with E-state index in [2.05, 4.69) is 91.0 Å². The fraction of sp³-hybridized carbons (Fsp3) is 0.200. The van der Waals surface area contributed by atoms with Gasteiger partial charge in [0.2, 0.25) is 0 Å². The van der Waals surface area contributed by atoms with Crippen molar-refractivity contribution in [2.75, 3.05) is 0 Å². The predicted octanol–water partition coefficient (Wildman–Crippen LogP) is 11.4. The molecule has 0 amide bonds. The molecule has 242 valence electrons. The summed E-state index contributed by atoms with van der Waals surface area (Å²) >= 11 is 0. The van der Waals surface area contributed by atoms with Gasteiger partial charge in [0.25, 0.3) is 0 Å². The number of benzene rings is 6. The third kappa shape index (κ3) is 6.73. The maximum absolute atomic E-state index is 10.2.